The van der Waals surface area contributed by atoms with Crippen LogP contribution in [0.1, 0.15) is 36.1 Å². The second-order valence-electron chi connectivity index (χ2n) is 8.99. The number of aliphatic imine (C=N–C) groups is 1. The maximum absolute atomic E-state index is 6.05. The molecule has 0 saturated heterocycles. The number of fused-ring (bicyclic) bond motifs is 1. The molecule has 5 rings (SSSR count). The Hall–Kier alpha value is -3.07. The molecule has 3 aromatic carbocycles. The van der Waals surface area contributed by atoms with Gasteiger partial charge in [-0.1, -0.05) is 60.7 Å². The summed E-state index contributed by atoms with van der Waals surface area (Å²) >= 11 is 0. The molecule has 3 heteroatoms. The van der Waals surface area contributed by atoms with Gasteiger partial charge in [0.05, 0.1) is 5.54 Å². The Morgan fingerprint density at radius 1 is 0.933 bits per heavy atom. The molecule has 2 heterocycles. The molecule has 3 nitrogen and oxygen atoms in total. The van der Waals surface area contributed by atoms with Crippen molar-refractivity contribution in [2.45, 2.75) is 39.3 Å². The Kier molecular flexibility index (Phi) is 4.62. The van der Waals surface area contributed by atoms with Crippen molar-refractivity contribution in [2.75, 3.05) is 18.1 Å². The fourth-order valence-corrected chi connectivity index (χ4v) is 4.62. The largest absolute Gasteiger partial charge is 0.475 e. The second-order valence-corrected chi connectivity index (χ2v) is 8.99. The Morgan fingerprint density at radius 2 is 1.70 bits per heavy atom. The van der Waals surface area contributed by atoms with Gasteiger partial charge in [-0.05, 0) is 55.5 Å². The van der Waals surface area contributed by atoms with Gasteiger partial charge in [-0.2, -0.15) is 0 Å². The van der Waals surface area contributed by atoms with E-state index in [-0.39, 0.29) is 5.54 Å². The number of rotatable bonds is 4. The molecule has 2 aliphatic rings. The van der Waals surface area contributed by atoms with Crippen LogP contribution in [0.25, 0.3) is 11.1 Å². The van der Waals surface area contributed by atoms with Crippen molar-refractivity contribution in [2.24, 2.45) is 4.99 Å². The summed E-state index contributed by atoms with van der Waals surface area (Å²) in [7, 11) is 0. The number of hydrogen-bond donors (Lipinski definition) is 0. The first kappa shape index (κ1) is 18.9. The van der Waals surface area contributed by atoms with Gasteiger partial charge in [0.15, 0.2) is 0 Å². The van der Waals surface area contributed by atoms with Crippen molar-refractivity contribution < 1.29 is 4.74 Å². The van der Waals surface area contributed by atoms with Gasteiger partial charge in [0, 0.05) is 29.9 Å². The van der Waals surface area contributed by atoms with E-state index in [1.165, 1.54) is 33.5 Å². The molecule has 0 radical (unpaired) electrons. The van der Waals surface area contributed by atoms with Crippen molar-refractivity contribution in [1.29, 1.82) is 0 Å². The van der Waals surface area contributed by atoms with E-state index in [0.29, 0.717) is 6.61 Å². The molecule has 152 valence electrons. The number of para-hydroxylation sites is 1. The monoisotopic (exact) mass is 396 g/mol. The molecule has 0 amide bonds. The predicted octanol–water partition coefficient (Wildman–Crippen LogP) is 5.78. The Balaban J connectivity index is 1.63. The normalized spacial score (nSPS) is 16.9. The second kappa shape index (κ2) is 7.32. The number of aryl methyl sites for hydroxylation is 1. The minimum atomic E-state index is -0.172. The molecule has 0 bridgehead atoms. The van der Waals surface area contributed by atoms with Crippen LogP contribution in [0.2, 0.25) is 0 Å². The highest BCUT2D eigenvalue weighted by Gasteiger charge is 2.30. The van der Waals surface area contributed by atoms with Gasteiger partial charge in [0.2, 0.25) is 5.90 Å². The van der Waals surface area contributed by atoms with Crippen molar-refractivity contribution in [3.8, 4) is 11.1 Å². The van der Waals surface area contributed by atoms with Crippen molar-refractivity contribution in [3.63, 3.8) is 0 Å². The maximum atomic E-state index is 6.05. The summed E-state index contributed by atoms with van der Waals surface area (Å²) in [6.07, 6.45) is 1.09. The van der Waals surface area contributed by atoms with Gasteiger partial charge in [-0.3, -0.25) is 0 Å². The fraction of sp³-hybridized carbons (Fsp3) is 0.296. The average Bonchev–Trinajstić information content (AvgIpc) is 3.31. The molecule has 3 aromatic rings. The minimum Gasteiger partial charge on any atom is -0.475 e. The molecule has 0 N–H and O–H groups in total. The number of hydrogen-bond acceptors (Lipinski definition) is 3. The zero-order valence-electron chi connectivity index (χ0n) is 18.0. The van der Waals surface area contributed by atoms with Gasteiger partial charge in [0.25, 0.3) is 0 Å². The zero-order chi connectivity index (χ0) is 20.7. The lowest BCUT2D eigenvalue weighted by Gasteiger charge is -2.24. The third kappa shape index (κ3) is 3.39. The van der Waals surface area contributed by atoms with Gasteiger partial charge < -0.3 is 9.64 Å². The highest BCUT2D eigenvalue weighted by molar-refractivity contribution is 6.04. The number of benzene rings is 3. The highest BCUT2D eigenvalue weighted by Crippen LogP contribution is 2.42. The van der Waals surface area contributed by atoms with E-state index in [1.807, 2.05) is 0 Å². The first-order chi connectivity index (χ1) is 14.5. The summed E-state index contributed by atoms with van der Waals surface area (Å²) in [6.45, 7) is 9.04. The molecule has 0 aliphatic carbocycles. The lowest BCUT2D eigenvalue weighted by Crippen LogP contribution is -2.20. The van der Waals surface area contributed by atoms with E-state index < -0.39 is 0 Å². The summed E-state index contributed by atoms with van der Waals surface area (Å²) in [6, 6.07) is 23.9. The lowest BCUT2D eigenvalue weighted by atomic mass is 9.92. The molecular formula is C27H28N2O. The smallest absolute Gasteiger partial charge is 0.217 e. The molecule has 0 spiro atoms. The van der Waals surface area contributed by atoms with Crippen LogP contribution in [-0.4, -0.2) is 24.6 Å². The van der Waals surface area contributed by atoms with Crippen molar-refractivity contribution >= 4 is 11.6 Å². The number of nitrogens with zero attached hydrogens (tertiary/aromatic N) is 2. The van der Waals surface area contributed by atoms with Crippen LogP contribution in [0, 0.1) is 6.92 Å². The predicted molar refractivity (Wildman–Crippen MR) is 124 cm³/mol. The maximum Gasteiger partial charge on any atom is 0.217 e. The summed E-state index contributed by atoms with van der Waals surface area (Å²) in [4.78, 5) is 7.40. The zero-order valence-corrected chi connectivity index (χ0v) is 18.0. The molecule has 2 aliphatic heterocycles. The van der Waals surface area contributed by atoms with Crippen LogP contribution in [-0.2, 0) is 17.7 Å². The molecule has 0 fully saturated rings. The first-order valence-electron chi connectivity index (χ1n) is 10.8. The van der Waals surface area contributed by atoms with Crippen LogP contribution < -0.4 is 4.90 Å². The summed E-state index contributed by atoms with van der Waals surface area (Å²) in [5, 5.41) is 0. The van der Waals surface area contributed by atoms with Crippen LogP contribution in [0.5, 0.6) is 0 Å². The van der Waals surface area contributed by atoms with Gasteiger partial charge in [0.1, 0.15) is 6.61 Å². The van der Waals surface area contributed by atoms with Gasteiger partial charge in [-0.25, -0.2) is 4.99 Å². The molecule has 30 heavy (non-hydrogen) atoms. The van der Waals surface area contributed by atoms with Crippen LogP contribution in [0.4, 0.5) is 5.69 Å². The van der Waals surface area contributed by atoms with Crippen LogP contribution >= 0.6 is 0 Å². The van der Waals surface area contributed by atoms with E-state index >= 15 is 0 Å². The topological polar surface area (TPSA) is 24.8 Å². The molecule has 0 unspecified atom stereocenters. The highest BCUT2D eigenvalue weighted by atomic mass is 16.5. The van der Waals surface area contributed by atoms with E-state index in [9.17, 15) is 0 Å². The SMILES string of the molecule is Cc1cccc(C2=NC(C)(C)CO2)c1-c1cccc2c1N(Cc1ccccc1)CC2. The number of anilines is 1. The molecule has 0 atom stereocenters. The van der Waals surface area contributed by atoms with E-state index in [0.717, 1.165) is 31.0 Å². The third-order valence-corrected chi connectivity index (χ3v) is 6.04. The average molecular weight is 397 g/mol. The lowest BCUT2D eigenvalue weighted by molar-refractivity contribution is 0.279. The van der Waals surface area contributed by atoms with Gasteiger partial charge >= 0.3 is 0 Å². The van der Waals surface area contributed by atoms with E-state index in [2.05, 4.69) is 92.4 Å². The Morgan fingerprint density at radius 3 is 2.47 bits per heavy atom. The van der Waals surface area contributed by atoms with Crippen molar-refractivity contribution in [3.05, 3.63) is 89.0 Å². The van der Waals surface area contributed by atoms with E-state index in [4.69, 9.17) is 9.73 Å². The van der Waals surface area contributed by atoms with Crippen LogP contribution in [0.15, 0.2) is 71.7 Å². The summed E-state index contributed by atoms with van der Waals surface area (Å²) < 4.78 is 6.05. The number of ether oxygens (including phenoxy) is 1. The first-order valence-corrected chi connectivity index (χ1v) is 10.8. The Bertz CT molecular complexity index is 1110. The minimum absolute atomic E-state index is 0.172. The van der Waals surface area contributed by atoms with Crippen molar-refractivity contribution in [1.82, 2.24) is 0 Å². The molecule has 0 saturated carbocycles. The standard InChI is InChI=1S/C27H28N2O/c1-19-9-7-14-23(26-28-27(2,3)18-30-26)24(19)22-13-8-12-21-15-16-29(25(21)22)17-20-10-5-4-6-11-20/h4-14H,15-18H2,1-3H3. The fourth-order valence-electron chi connectivity index (χ4n) is 4.62. The summed E-state index contributed by atoms with van der Waals surface area (Å²) in [5.74, 6) is 0.768. The van der Waals surface area contributed by atoms with Gasteiger partial charge in [-0.15, -0.1) is 0 Å². The quantitative estimate of drug-likeness (QED) is 0.558. The summed E-state index contributed by atoms with van der Waals surface area (Å²) in [5.41, 5.74) is 8.83. The Labute approximate surface area is 179 Å². The molecular weight excluding hydrogens is 368 g/mol. The third-order valence-electron chi connectivity index (χ3n) is 6.04. The van der Waals surface area contributed by atoms with Crippen LogP contribution in [0.3, 0.4) is 0 Å². The van der Waals surface area contributed by atoms with E-state index in [1.54, 1.807) is 0 Å². The molecule has 0 aromatic heterocycles.